The molecule has 0 spiro atoms. The molecule has 0 atom stereocenters. The zero-order valence-electron chi connectivity index (χ0n) is 9.19. The molecule has 0 bridgehead atoms. The highest BCUT2D eigenvalue weighted by Gasteiger charge is 2.17. The molecule has 4 nitrogen and oxygen atoms in total. The standard InChI is InChI=1S/C11H18N4/c1-2-15-5-3-10(4-6-15)14-11-7-12-9-13-8-11/h7-10,14H,2-6H2,1H3. The molecule has 15 heavy (non-hydrogen) atoms. The molecule has 1 aromatic heterocycles. The highest BCUT2D eigenvalue weighted by atomic mass is 15.1. The minimum Gasteiger partial charge on any atom is -0.380 e. The lowest BCUT2D eigenvalue weighted by Gasteiger charge is -2.31. The second kappa shape index (κ2) is 5.07. The fraction of sp³-hybridized carbons (Fsp3) is 0.636. The van der Waals surface area contributed by atoms with Crippen molar-refractivity contribution in [1.29, 1.82) is 0 Å². The number of piperidine rings is 1. The average Bonchev–Trinajstić information content (AvgIpc) is 2.31. The zero-order valence-corrected chi connectivity index (χ0v) is 9.19. The van der Waals surface area contributed by atoms with Crippen LogP contribution in [0.4, 0.5) is 5.69 Å². The molecule has 0 amide bonds. The van der Waals surface area contributed by atoms with Gasteiger partial charge in [0.25, 0.3) is 0 Å². The van der Waals surface area contributed by atoms with Gasteiger partial charge in [0.2, 0.25) is 0 Å². The van der Waals surface area contributed by atoms with Crippen molar-refractivity contribution in [2.24, 2.45) is 0 Å². The second-order valence-corrected chi connectivity index (χ2v) is 3.98. The van der Waals surface area contributed by atoms with Crippen molar-refractivity contribution in [3.05, 3.63) is 18.7 Å². The summed E-state index contributed by atoms with van der Waals surface area (Å²) in [5.41, 5.74) is 1.03. The topological polar surface area (TPSA) is 41.0 Å². The Bertz CT molecular complexity index is 280. The molecule has 1 N–H and O–H groups in total. The van der Waals surface area contributed by atoms with Gasteiger partial charge in [0, 0.05) is 19.1 Å². The minimum absolute atomic E-state index is 0.582. The number of hydrogen-bond donors (Lipinski definition) is 1. The first-order valence-electron chi connectivity index (χ1n) is 5.62. The number of aromatic nitrogens is 2. The number of rotatable bonds is 3. The Hall–Kier alpha value is -1.16. The first kappa shape index (κ1) is 10.4. The van der Waals surface area contributed by atoms with Gasteiger partial charge in [-0.05, 0) is 19.4 Å². The summed E-state index contributed by atoms with van der Waals surface area (Å²) in [6.45, 7) is 5.78. The van der Waals surface area contributed by atoms with Crippen molar-refractivity contribution in [1.82, 2.24) is 14.9 Å². The summed E-state index contributed by atoms with van der Waals surface area (Å²) in [5.74, 6) is 0. The van der Waals surface area contributed by atoms with Crippen molar-refractivity contribution in [3.8, 4) is 0 Å². The molecule has 1 saturated heterocycles. The van der Waals surface area contributed by atoms with Crippen molar-refractivity contribution in [3.63, 3.8) is 0 Å². The summed E-state index contributed by atoms with van der Waals surface area (Å²) < 4.78 is 0. The summed E-state index contributed by atoms with van der Waals surface area (Å²) >= 11 is 0. The van der Waals surface area contributed by atoms with Gasteiger partial charge in [-0.25, -0.2) is 9.97 Å². The van der Waals surface area contributed by atoms with Crippen LogP contribution in [0.5, 0.6) is 0 Å². The van der Waals surface area contributed by atoms with Gasteiger partial charge in [-0.15, -0.1) is 0 Å². The van der Waals surface area contributed by atoms with Gasteiger partial charge < -0.3 is 10.2 Å². The third-order valence-corrected chi connectivity index (χ3v) is 2.97. The molecule has 0 unspecified atom stereocenters. The molecular formula is C11H18N4. The Balaban J connectivity index is 1.82. The first-order chi connectivity index (χ1) is 7.38. The normalized spacial score (nSPS) is 19.0. The molecule has 0 radical (unpaired) electrons. The third-order valence-electron chi connectivity index (χ3n) is 2.97. The van der Waals surface area contributed by atoms with Gasteiger partial charge in [0.05, 0.1) is 18.1 Å². The second-order valence-electron chi connectivity index (χ2n) is 3.98. The Kier molecular flexibility index (Phi) is 3.50. The van der Waals surface area contributed by atoms with Crippen LogP contribution in [0, 0.1) is 0 Å². The van der Waals surface area contributed by atoms with Crippen LogP contribution >= 0.6 is 0 Å². The van der Waals surface area contributed by atoms with E-state index in [1.165, 1.54) is 32.5 Å². The first-order valence-corrected chi connectivity index (χ1v) is 5.62. The van der Waals surface area contributed by atoms with Crippen LogP contribution < -0.4 is 5.32 Å². The number of anilines is 1. The number of likely N-dealkylation sites (tertiary alicyclic amines) is 1. The molecule has 82 valence electrons. The largest absolute Gasteiger partial charge is 0.380 e. The van der Waals surface area contributed by atoms with Crippen LogP contribution in [-0.2, 0) is 0 Å². The smallest absolute Gasteiger partial charge is 0.115 e. The molecular weight excluding hydrogens is 188 g/mol. The van der Waals surface area contributed by atoms with Gasteiger partial charge in [0.15, 0.2) is 0 Å². The summed E-state index contributed by atoms with van der Waals surface area (Å²) in [6.07, 6.45) is 7.65. The summed E-state index contributed by atoms with van der Waals surface area (Å²) in [4.78, 5) is 10.5. The van der Waals surface area contributed by atoms with Crippen molar-refractivity contribution in [2.45, 2.75) is 25.8 Å². The SMILES string of the molecule is CCN1CCC(Nc2cncnc2)CC1. The van der Waals surface area contributed by atoms with Crippen LogP contribution in [0.2, 0.25) is 0 Å². The fourth-order valence-corrected chi connectivity index (χ4v) is 2.00. The maximum absolute atomic E-state index is 4.00. The monoisotopic (exact) mass is 206 g/mol. The zero-order chi connectivity index (χ0) is 10.5. The van der Waals surface area contributed by atoms with Gasteiger partial charge in [-0.1, -0.05) is 6.92 Å². The van der Waals surface area contributed by atoms with Crippen molar-refractivity contribution in [2.75, 3.05) is 25.0 Å². The van der Waals surface area contributed by atoms with Crippen LogP contribution in [0.3, 0.4) is 0 Å². The van der Waals surface area contributed by atoms with E-state index < -0.39 is 0 Å². The quantitative estimate of drug-likeness (QED) is 0.811. The van der Waals surface area contributed by atoms with Gasteiger partial charge in [-0.3, -0.25) is 0 Å². The van der Waals surface area contributed by atoms with Crippen LogP contribution in [0.25, 0.3) is 0 Å². The summed E-state index contributed by atoms with van der Waals surface area (Å²) in [5, 5.41) is 3.47. The van der Waals surface area contributed by atoms with Crippen LogP contribution in [0.1, 0.15) is 19.8 Å². The molecule has 2 heterocycles. The Morgan fingerprint density at radius 2 is 2.00 bits per heavy atom. The van der Waals surface area contributed by atoms with E-state index in [1.807, 2.05) is 12.4 Å². The molecule has 1 aliphatic heterocycles. The molecule has 2 rings (SSSR count). The summed E-state index contributed by atoms with van der Waals surface area (Å²) in [6, 6.07) is 0.582. The highest BCUT2D eigenvalue weighted by molar-refractivity contribution is 5.38. The van der Waals surface area contributed by atoms with E-state index in [0.717, 1.165) is 5.69 Å². The predicted octanol–water partition coefficient (Wildman–Crippen LogP) is 1.37. The average molecular weight is 206 g/mol. The van der Waals surface area contributed by atoms with E-state index in [-0.39, 0.29) is 0 Å². The van der Waals surface area contributed by atoms with E-state index in [1.54, 1.807) is 6.33 Å². The van der Waals surface area contributed by atoms with Crippen molar-refractivity contribution < 1.29 is 0 Å². The highest BCUT2D eigenvalue weighted by Crippen LogP contribution is 2.14. The molecule has 1 fully saturated rings. The lowest BCUT2D eigenvalue weighted by molar-refractivity contribution is 0.229. The van der Waals surface area contributed by atoms with E-state index >= 15 is 0 Å². The van der Waals surface area contributed by atoms with E-state index in [9.17, 15) is 0 Å². The molecule has 0 saturated carbocycles. The number of nitrogens with zero attached hydrogens (tertiary/aromatic N) is 3. The third kappa shape index (κ3) is 2.89. The van der Waals surface area contributed by atoms with Gasteiger partial charge in [0.1, 0.15) is 6.33 Å². The summed E-state index contributed by atoms with van der Waals surface area (Å²) in [7, 11) is 0. The number of hydrogen-bond acceptors (Lipinski definition) is 4. The number of nitrogens with one attached hydrogen (secondary N) is 1. The lowest BCUT2D eigenvalue weighted by atomic mass is 10.1. The fourth-order valence-electron chi connectivity index (χ4n) is 2.00. The molecule has 1 aliphatic rings. The molecule has 0 aliphatic carbocycles. The maximum Gasteiger partial charge on any atom is 0.115 e. The van der Waals surface area contributed by atoms with Gasteiger partial charge in [-0.2, -0.15) is 0 Å². The van der Waals surface area contributed by atoms with Crippen molar-refractivity contribution >= 4 is 5.69 Å². The van der Waals surface area contributed by atoms with E-state index in [0.29, 0.717) is 6.04 Å². The Morgan fingerprint density at radius 1 is 1.33 bits per heavy atom. The van der Waals surface area contributed by atoms with Crippen LogP contribution in [0.15, 0.2) is 18.7 Å². The molecule has 4 heteroatoms. The minimum atomic E-state index is 0.582. The maximum atomic E-state index is 4.00. The van der Waals surface area contributed by atoms with Crippen LogP contribution in [-0.4, -0.2) is 40.5 Å². The van der Waals surface area contributed by atoms with E-state index in [2.05, 4.69) is 27.1 Å². The lowest BCUT2D eigenvalue weighted by Crippen LogP contribution is -2.38. The Morgan fingerprint density at radius 3 is 2.60 bits per heavy atom. The Labute approximate surface area is 90.7 Å². The predicted molar refractivity (Wildman–Crippen MR) is 60.8 cm³/mol. The van der Waals surface area contributed by atoms with Gasteiger partial charge >= 0.3 is 0 Å². The van der Waals surface area contributed by atoms with E-state index in [4.69, 9.17) is 0 Å². The molecule has 1 aromatic rings. The molecule has 0 aromatic carbocycles.